The van der Waals surface area contributed by atoms with Crippen LogP contribution in [0.15, 0.2) is 42.1 Å². The molecule has 0 bridgehead atoms. The van der Waals surface area contributed by atoms with Crippen LogP contribution in [0.5, 0.6) is 5.75 Å². The number of nitrogens with zero attached hydrogens (tertiary/aromatic N) is 2. The van der Waals surface area contributed by atoms with E-state index in [0.717, 1.165) is 6.20 Å². The molecule has 0 spiro atoms. The van der Waals surface area contributed by atoms with Crippen molar-refractivity contribution >= 4 is 22.2 Å². The first kappa shape index (κ1) is 16.9. The number of thiol groups is 1. The molecule has 0 atom stereocenters. The Hall–Kier alpha value is -2.92. The average Bonchev–Trinajstić information content (AvgIpc) is 2.53. The van der Waals surface area contributed by atoms with Gasteiger partial charge in [0.2, 0.25) is 10.9 Å². The largest absolute Gasteiger partial charge is 0.482 e. The van der Waals surface area contributed by atoms with E-state index in [1.807, 2.05) is 0 Å². The molecule has 1 aliphatic heterocycles. The zero-order chi connectivity index (χ0) is 18.2. The van der Waals surface area contributed by atoms with Gasteiger partial charge < -0.3 is 4.74 Å². The number of benzene rings is 1. The minimum Gasteiger partial charge on any atom is -0.482 e. The Kier molecular flexibility index (Phi) is 4.18. The number of anilines is 1. The van der Waals surface area contributed by atoms with Crippen LogP contribution >= 0.6 is 0 Å². The van der Waals surface area contributed by atoms with Crippen molar-refractivity contribution in [3.05, 3.63) is 59.2 Å². The Balaban J connectivity index is 2.24. The summed E-state index contributed by atoms with van der Waals surface area (Å²) in [7, 11) is -2.81. The molecule has 0 fully saturated rings. The molecule has 8 heteroatoms. The number of ether oxygens (including phenoxy) is 1. The van der Waals surface area contributed by atoms with E-state index < -0.39 is 22.3 Å². The molecule has 0 saturated heterocycles. The minimum atomic E-state index is -2.81. The second kappa shape index (κ2) is 6.18. The standard InChI is InChI=1S/C17H14FN3O3S/c1-17(2)13(8-19)16(14-6-3-10(18)9-20-14)12-5-4-11(21-25(22)23)7-15(12)24-17/h3-7,9,25H,1-2H3,(H,21,22,23). The Morgan fingerprint density at radius 1 is 1.28 bits per heavy atom. The topological polar surface area (TPSA) is 92.1 Å². The van der Waals surface area contributed by atoms with E-state index in [1.54, 1.807) is 32.0 Å². The van der Waals surface area contributed by atoms with Crippen LogP contribution in [-0.2, 0) is 10.9 Å². The first-order chi connectivity index (χ1) is 11.8. The van der Waals surface area contributed by atoms with Crippen molar-refractivity contribution < 1.29 is 17.5 Å². The fourth-order valence-corrected chi connectivity index (χ4v) is 3.08. The molecule has 0 radical (unpaired) electrons. The summed E-state index contributed by atoms with van der Waals surface area (Å²) in [5, 5.41) is 9.63. The third-order valence-electron chi connectivity index (χ3n) is 3.78. The van der Waals surface area contributed by atoms with Gasteiger partial charge >= 0.3 is 0 Å². The zero-order valence-corrected chi connectivity index (χ0v) is 14.3. The third-order valence-corrected chi connectivity index (χ3v) is 4.22. The first-order valence-corrected chi connectivity index (χ1v) is 8.51. The molecule has 2 heterocycles. The van der Waals surface area contributed by atoms with E-state index >= 15 is 0 Å². The number of nitrogens with one attached hydrogen (secondary N) is 1. The van der Waals surface area contributed by atoms with Gasteiger partial charge in [-0.2, -0.15) is 5.26 Å². The predicted octanol–water partition coefficient (Wildman–Crippen LogP) is 2.66. The van der Waals surface area contributed by atoms with E-state index in [-0.39, 0.29) is 0 Å². The molecular weight excluding hydrogens is 345 g/mol. The molecule has 128 valence electrons. The van der Waals surface area contributed by atoms with E-state index in [9.17, 15) is 18.1 Å². The van der Waals surface area contributed by atoms with E-state index in [2.05, 4.69) is 15.8 Å². The number of halogens is 1. The fraction of sp³-hybridized carbons (Fsp3) is 0.176. The molecule has 0 amide bonds. The molecule has 1 aliphatic rings. The van der Waals surface area contributed by atoms with Crippen molar-refractivity contribution in [2.75, 3.05) is 4.72 Å². The van der Waals surface area contributed by atoms with Gasteiger partial charge in [0, 0.05) is 17.2 Å². The highest BCUT2D eigenvalue weighted by Crippen LogP contribution is 2.44. The lowest BCUT2D eigenvalue weighted by Crippen LogP contribution is -2.34. The van der Waals surface area contributed by atoms with Crippen LogP contribution in [0.2, 0.25) is 0 Å². The van der Waals surface area contributed by atoms with Crippen LogP contribution in [0.4, 0.5) is 10.1 Å². The second-order valence-electron chi connectivity index (χ2n) is 5.92. The summed E-state index contributed by atoms with van der Waals surface area (Å²) in [6.45, 7) is 3.46. The predicted molar refractivity (Wildman–Crippen MR) is 90.9 cm³/mol. The monoisotopic (exact) mass is 359 g/mol. The molecule has 2 aromatic rings. The Labute approximate surface area is 145 Å². The number of aromatic nitrogens is 1. The summed E-state index contributed by atoms with van der Waals surface area (Å²) in [5.41, 5.74) is 1.30. The smallest absolute Gasteiger partial charge is 0.222 e. The first-order valence-electron chi connectivity index (χ1n) is 7.33. The maximum atomic E-state index is 13.2. The SMILES string of the molecule is CC1(C)Oc2cc(N[SH](=O)=O)ccc2C(c2ccc(F)cn2)=C1C#N. The lowest BCUT2D eigenvalue weighted by molar-refractivity contribution is 0.149. The number of nitriles is 1. The second-order valence-corrected chi connectivity index (χ2v) is 6.65. The van der Waals surface area contributed by atoms with Gasteiger partial charge in [-0.05, 0) is 38.1 Å². The molecule has 6 nitrogen and oxygen atoms in total. The average molecular weight is 359 g/mol. The molecule has 25 heavy (non-hydrogen) atoms. The van der Waals surface area contributed by atoms with Gasteiger partial charge in [-0.15, -0.1) is 0 Å². The minimum absolute atomic E-state index is 0.345. The number of fused-ring (bicyclic) bond motifs is 1. The highest BCUT2D eigenvalue weighted by Gasteiger charge is 2.36. The van der Waals surface area contributed by atoms with Gasteiger partial charge in [0.05, 0.1) is 29.2 Å². The summed E-state index contributed by atoms with van der Waals surface area (Å²) < 4.78 is 43.2. The van der Waals surface area contributed by atoms with Gasteiger partial charge in [-0.25, -0.2) is 12.8 Å². The van der Waals surface area contributed by atoms with Gasteiger partial charge in [0.15, 0.2) is 0 Å². The Morgan fingerprint density at radius 2 is 2.04 bits per heavy atom. The molecule has 0 saturated carbocycles. The van der Waals surface area contributed by atoms with E-state index in [4.69, 9.17) is 4.74 Å². The zero-order valence-electron chi connectivity index (χ0n) is 13.4. The van der Waals surface area contributed by atoms with E-state index in [0.29, 0.717) is 33.8 Å². The van der Waals surface area contributed by atoms with Gasteiger partial charge in [0.25, 0.3) is 0 Å². The van der Waals surface area contributed by atoms with Crippen LogP contribution in [0.1, 0.15) is 25.1 Å². The van der Waals surface area contributed by atoms with Crippen LogP contribution < -0.4 is 9.46 Å². The Bertz CT molecular complexity index is 981. The van der Waals surface area contributed by atoms with Crippen LogP contribution in [0, 0.1) is 17.1 Å². The van der Waals surface area contributed by atoms with Crippen LogP contribution in [0.3, 0.4) is 0 Å². The fourth-order valence-electron chi connectivity index (χ4n) is 2.73. The van der Waals surface area contributed by atoms with E-state index in [1.165, 1.54) is 12.1 Å². The number of pyridine rings is 1. The van der Waals surface area contributed by atoms with Crippen molar-refractivity contribution in [2.24, 2.45) is 0 Å². The third kappa shape index (κ3) is 3.19. The summed E-state index contributed by atoms with van der Waals surface area (Å²) in [6, 6.07) is 9.66. The summed E-state index contributed by atoms with van der Waals surface area (Å²) in [4.78, 5) is 4.08. The normalized spacial score (nSPS) is 15.3. The lowest BCUT2D eigenvalue weighted by atomic mass is 9.85. The van der Waals surface area contributed by atoms with Crippen molar-refractivity contribution in [2.45, 2.75) is 19.4 Å². The van der Waals surface area contributed by atoms with Crippen molar-refractivity contribution in [3.8, 4) is 11.8 Å². The molecule has 1 aromatic heterocycles. The Morgan fingerprint density at radius 3 is 2.64 bits per heavy atom. The van der Waals surface area contributed by atoms with Crippen molar-refractivity contribution in [1.29, 1.82) is 5.26 Å². The van der Waals surface area contributed by atoms with Gasteiger partial charge in [-0.1, -0.05) is 0 Å². The number of hydrogen-bond acceptors (Lipinski definition) is 5. The molecule has 0 unspecified atom stereocenters. The highest BCUT2D eigenvalue weighted by molar-refractivity contribution is 7.73. The van der Waals surface area contributed by atoms with Crippen LogP contribution in [0.25, 0.3) is 5.57 Å². The summed E-state index contributed by atoms with van der Waals surface area (Å²) in [6.07, 6.45) is 1.08. The van der Waals surface area contributed by atoms with Crippen LogP contribution in [-0.4, -0.2) is 19.0 Å². The molecule has 1 N–H and O–H groups in total. The van der Waals surface area contributed by atoms with Gasteiger partial charge in [0.1, 0.15) is 17.2 Å². The summed E-state index contributed by atoms with van der Waals surface area (Å²) in [5.74, 6) is -0.0693. The maximum Gasteiger partial charge on any atom is 0.222 e. The highest BCUT2D eigenvalue weighted by atomic mass is 32.2. The quantitative estimate of drug-likeness (QED) is 0.822. The van der Waals surface area contributed by atoms with Crippen molar-refractivity contribution in [1.82, 2.24) is 4.98 Å². The van der Waals surface area contributed by atoms with Gasteiger partial charge in [-0.3, -0.25) is 9.71 Å². The molecular formula is C17H14FN3O3S. The van der Waals surface area contributed by atoms with Crippen molar-refractivity contribution in [3.63, 3.8) is 0 Å². The summed E-state index contributed by atoms with van der Waals surface area (Å²) >= 11 is 0. The number of hydrogen-bond donors (Lipinski definition) is 2. The molecule has 1 aromatic carbocycles. The molecule has 3 rings (SSSR count). The maximum absolute atomic E-state index is 13.2. The lowest BCUT2D eigenvalue weighted by Gasteiger charge is -2.34. The molecule has 0 aliphatic carbocycles. The number of rotatable bonds is 3.